The van der Waals surface area contributed by atoms with Crippen molar-refractivity contribution < 1.29 is 9.47 Å². The molecule has 0 amide bonds. The van der Waals surface area contributed by atoms with Crippen LogP contribution in [0.3, 0.4) is 0 Å². The van der Waals surface area contributed by atoms with Crippen LogP contribution in [-0.4, -0.2) is 37.6 Å². The molecule has 0 atom stereocenters. The second-order valence-corrected chi connectivity index (χ2v) is 5.53. The Kier molecular flexibility index (Phi) is 5.67. The summed E-state index contributed by atoms with van der Waals surface area (Å²) in [6, 6.07) is 6.00. The number of anilines is 1. The minimum Gasteiger partial charge on any atom is -0.493 e. The molecule has 0 fully saturated rings. The Balaban J connectivity index is 2.57. The van der Waals surface area contributed by atoms with Gasteiger partial charge in [0.05, 0.1) is 14.2 Å². The molecule has 0 bridgehead atoms. The lowest BCUT2D eigenvalue weighted by Gasteiger charge is -2.24. The number of methoxy groups -OCH3 is 2. The van der Waals surface area contributed by atoms with Crippen molar-refractivity contribution in [2.75, 3.05) is 37.5 Å². The number of alkyl halides is 1. The number of hydrogen-bond donors (Lipinski definition) is 0. The molecular formula is C16H21BrN2O2. The summed E-state index contributed by atoms with van der Waals surface area (Å²) in [6.07, 6.45) is 2.93. The second-order valence-electron chi connectivity index (χ2n) is 4.74. The molecule has 0 spiro atoms. The third-order valence-electron chi connectivity index (χ3n) is 3.40. The van der Waals surface area contributed by atoms with Gasteiger partial charge in [-0.15, -0.1) is 0 Å². The Morgan fingerprint density at radius 2 is 1.86 bits per heavy atom. The number of hydrogen-bond acceptors (Lipinski definition) is 4. The number of pyridine rings is 1. The van der Waals surface area contributed by atoms with Crippen LogP contribution in [0, 0.1) is 0 Å². The van der Waals surface area contributed by atoms with Gasteiger partial charge in [0.2, 0.25) is 0 Å². The van der Waals surface area contributed by atoms with Crippen molar-refractivity contribution in [3.63, 3.8) is 0 Å². The Hall–Kier alpha value is -1.49. The highest BCUT2D eigenvalue weighted by Gasteiger charge is 2.14. The average Bonchev–Trinajstić information content (AvgIpc) is 2.52. The first-order valence-electron chi connectivity index (χ1n) is 7.06. The van der Waals surface area contributed by atoms with E-state index >= 15 is 0 Å². The number of halogens is 1. The summed E-state index contributed by atoms with van der Waals surface area (Å²) in [6.45, 7) is 4.08. The maximum atomic E-state index is 5.42. The number of nitrogens with zero attached hydrogens (tertiary/aromatic N) is 2. The van der Waals surface area contributed by atoms with E-state index in [4.69, 9.17) is 9.47 Å². The van der Waals surface area contributed by atoms with Gasteiger partial charge in [0.15, 0.2) is 11.5 Å². The molecule has 0 saturated carbocycles. The topological polar surface area (TPSA) is 34.6 Å². The Bertz CT molecular complexity index is 598. The molecule has 0 N–H and O–H groups in total. The van der Waals surface area contributed by atoms with Crippen LogP contribution in [-0.2, 0) is 0 Å². The van der Waals surface area contributed by atoms with Crippen LogP contribution >= 0.6 is 15.9 Å². The van der Waals surface area contributed by atoms with Crippen molar-refractivity contribution in [2.24, 2.45) is 0 Å². The molecule has 0 aliphatic rings. The smallest absolute Gasteiger partial charge is 0.161 e. The van der Waals surface area contributed by atoms with E-state index in [9.17, 15) is 0 Å². The predicted octanol–water partition coefficient (Wildman–Crippen LogP) is 3.86. The van der Waals surface area contributed by atoms with Crippen molar-refractivity contribution in [3.05, 3.63) is 24.4 Å². The van der Waals surface area contributed by atoms with Crippen LogP contribution < -0.4 is 14.4 Å². The largest absolute Gasteiger partial charge is 0.493 e. The SMILES string of the molecule is CCCN(CCBr)c1nccc2cc(OC)c(OC)cc12. The zero-order chi connectivity index (χ0) is 15.2. The van der Waals surface area contributed by atoms with Crippen molar-refractivity contribution in [3.8, 4) is 11.5 Å². The van der Waals surface area contributed by atoms with E-state index < -0.39 is 0 Å². The zero-order valence-electron chi connectivity index (χ0n) is 12.7. The lowest BCUT2D eigenvalue weighted by Crippen LogP contribution is -2.27. The van der Waals surface area contributed by atoms with Crippen LogP contribution in [0.5, 0.6) is 11.5 Å². The first kappa shape index (κ1) is 15.9. The highest BCUT2D eigenvalue weighted by atomic mass is 79.9. The van der Waals surface area contributed by atoms with E-state index in [2.05, 4.69) is 32.7 Å². The summed E-state index contributed by atoms with van der Waals surface area (Å²) in [5, 5.41) is 3.11. The molecule has 2 aromatic rings. The first-order valence-corrected chi connectivity index (χ1v) is 8.19. The summed E-state index contributed by atoms with van der Waals surface area (Å²) in [4.78, 5) is 6.88. The molecule has 1 heterocycles. The van der Waals surface area contributed by atoms with Crippen molar-refractivity contribution >= 4 is 32.5 Å². The van der Waals surface area contributed by atoms with E-state index in [1.54, 1.807) is 14.2 Å². The number of ether oxygens (including phenoxy) is 2. The molecule has 1 aromatic heterocycles. The molecular weight excluding hydrogens is 332 g/mol. The minimum atomic E-state index is 0.731. The average molecular weight is 353 g/mol. The van der Waals surface area contributed by atoms with E-state index in [1.165, 1.54) is 0 Å². The standard InChI is InChI=1S/C16H21BrN2O2/c1-4-8-19(9-6-17)16-13-11-15(21-3)14(20-2)10-12(13)5-7-18-16/h5,7,10-11H,4,6,8-9H2,1-3H3. The van der Waals surface area contributed by atoms with Crippen LogP contribution in [0.1, 0.15) is 13.3 Å². The molecule has 21 heavy (non-hydrogen) atoms. The molecule has 2 rings (SSSR count). The summed E-state index contributed by atoms with van der Waals surface area (Å²) in [7, 11) is 3.31. The Labute approximate surface area is 134 Å². The molecule has 4 nitrogen and oxygen atoms in total. The van der Waals surface area contributed by atoms with Gasteiger partial charge in [-0.3, -0.25) is 0 Å². The maximum absolute atomic E-state index is 5.42. The third-order valence-corrected chi connectivity index (χ3v) is 3.75. The number of aromatic nitrogens is 1. The highest BCUT2D eigenvalue weighted by molar-refractivity contribution is 9.09. The normalized spacial score (nSPS) is 10.7. The molecule has 0 saturated heterocycles. The molecule has 0 radical (unpaired) electrons. The van der Waals surface area contributed by atoms with E-state index in [-0.39, 0.29) is 0 Å². The highest BCUT2D eigenvalue weighted by Crippen LogP contribution is 2.35. The lowest BCUT2D eigenvalue weighted by atomic mass is 10.1. The third kappa shape index (κ3) is 3.40. The van der Waals surface area contributed by atoms with Gasteiger partial charge in [0.1, 0.15) is 5.82 Å². The van der Waals surface area contributed by atoms with Crippen LogP contribution in [0.15, 0.2) is 24.4 Å². The number of benzene rings is 1. The van der Waals surface area contributed by atoms with Crippen LogP contribution in [0.2, 0.25) is 0 Å². The van der Waals surface area contributed by atoms with Crippen LogP contribution in [0.25, 0.3) is 10.8 Å². The van der Waals surface area contributed by atoms with Crippen molar-refractivity contribution in [1.82, 2.24) is 4.98 Å². The Morgan fingerprint density at radius 3 is 2.48 bits per heavy atom. The molecule has 0 aliphatic heterocycles. The maximum Gasteiger partial charge on any atom is 0.161 e. The van der Waals surface area contributed by atoms with Gasteiger partial charge in [-0.25, -0.2) is 4.98 Å². The monoisotopic (exact) mass is 352 g/mol. The number of fused-ring (bicyclic) bond motifs is 1. The number of rotatable bonds is 7. The fraction of sp³-hybridized carbons (Fsp3) is 0.438. The molecule has 1 aromatic carbocycles. The zero-order valence-corrected chi connectivity index (χ0v) is 14.3. The van der Waals surface area contributed by atoms with Crippen molar-refractivity contribution in [2.45, 2.75) is 13.3 Å². The predicted molar refractivity (Wildman–Crippen MR) is 91.1 cm³/mol. The fourth-order valence-electron chi connectivity index (χ4n) is 2.43. The minimum absolute atomic E-state index is 0.731. The summed E-state index contributed by atoms with van der Waals surface area (Å²) in [5.41, 5.74) is 0. The van der Waals surface area contributed by atoms with Gasteiger partial charge in [-0.2, -0.15) is 0 Å². The fourth-order valence-corrected chi connectivity index (χ4v) is 2.86. The van der Waals surface area contributed by atoms with Gasteiger partial charge in [0, 0.05) is 30.0 Å². The van der Waals surface area contributed by atoms with Gasteiger partial charge < -0.3 is 14.4 Å². The molecule has 5 heteroatoms. The van der Waals surface area contributed by atoms with Crippen LogP contribution in [0.4, 0.5) is 5.82 Å². The second kappa shape index (κ2) is 7.50. The van der Waals surface area contributed by atoms with E-state index in [0.717, 1.165) is 52.9 Å². The lowest BCUT2D eigenvalue weighted by molar-refractivity contribution is 0.356. The summed E-state index contributed by atoms with van der Waals surface area (Å²) >= 11 is 3.52. The molecule has 0 unspecified atom stereocenters. The summed E-state index contributed by atoms with van der Waals surface area (Å²) in [5.74, 6) is 2.47. The quantitative estimate of drug-likeness (QED) is 0.708. The molecule has 0 aliphatic carbocycles. The first-order chi connectivity index (χ1) is 10.2. The van der Waals surface area contributed by atoms with Gasteiger partial charge in [-0.05, 0) is 30.0 Å². The Morgan fingerprint density at radius 1 is 1.14 bits per heavy atom. The van der Waals surface area contributed by atoms with E-state index in [1.807, 2.05) is 24.4 Å². The van der Waals surface area contributed by atoms with Gasteiger partial charge in [-0.1, -0.05) is 22.9 Å². The van der Waals surface area contributed by atoms with E-state index in [0.29, 0.717) is 0 Å². The molecule has 114 valence electrons. The van der Waals surface area contributed by atoms with Gasteiger partial charge in [0.25, 0.3) is 0 Å². The van der Waals surface area contributed by atoms with Gasteiger partial charge >= 0.3 is 0 Å². The van der Waals surface area contributed by atoms with Crippen molar-refractivity contribution in [1.29, 1.82) is 0 Å². The summed E-state index contributed by atoms with van der Waals surface area (Å²) < 4.78 is 10.8.